The van der Waals surface area contributed by atoms with Crippen LogP contribution in [0.15, 0.2) is 48.5 Å². The average Bonchev–Trinajstić information content (AvgIpc) is 2.62. The molecule has 6 heteroatoms. The minimum absolute atomic E-state index is 0.252. The molecule has 2 aromatic rings. The number of benzene rings is 2. The molecule has 1 unspecified atom stereocenters. The van der Waals surface area contributed by atoms with Gasteiger partial charge in [-0.3, -0.25) is 4.79 Å². The maximum Gasteiger partial charge on any atom is 0.344 e. The Hall–Kier alpha value is -2.89. The van der Waals surface area contributed by atoms with Gasteiger partial charge in [-0.25, -0.2) is 9.18 Å². The van der Waals surface area contributed by atoms with E-state index in [2.05, 4.69) is 5.32 Å². The molecule has 1 N–H and O–H groups in total. The molecule has 2 aromatic carbocycles. The Balaban J connectivity index is 1.85. The van der Waals surface area contributed by atoms with Gasteiger partial charge < -0.3 is 14.8 Å². The van der Waals surface area contributed by atoms with Crippen molar-refractivity contribution in [2.45, 2.75) is 32.8 Å². The summed E-state index contributed by atoms with van der Waals surface area (Å²) < 4.78 is 23.5. The first-order chi connectivity index (χ1) is 12.4. The predicted octanol–water partition coefficient (Wildman–Crippen LogP) is 3.90. The minimum Gasteiger partial charge on any atom is -0.482 e. The normalized spacial score (nSPS) is 11.7. The number of halogens is 1. The zero-order chi connectivity index (χ0) is 19.1. The number of amides is 1. The summed E-state index contributed by atoms with van der Waals surface area (Å²) in [6, 6.07) is 12.8. The van der Waals surface area contributed by atoms with Gasteiger partial charge in [0.2, 0.25) is 0 Å². The molecule has 2 rings (SSSR count). The van der Waals surface area contributed by atoms with Crippen molar-refractivity contribution in [2.75, 3.05) is 11.9 Å². The molecule has 1 amide bonds. The predicted molar refractivity (Wildman–Crippen MR) is 96.6 cm³/mol. The van der Waals surface area contributed by atoms with Crippen molar-refractivity contribution >= 4 is 17.6 Å². The molecule has 0 aliphatic carbocycles. The summed E-state index contributed by atoms with van der Waals surface area (Å²) in [6.07, 6.45) is -1.00. The van der Waals surface area contributed by atoms with E-state index in [0.717, 1.165) is 5.56 Å². The zero-order valence-corrected chi connectivity index (χ0v) is 15.0. The molecule has 0 heterocycles. The highest BCUT2D eigenvalue weighted by molar-refractivity contribution is 5.95. The summed E-state index contributed by atoms with van der Waals surface area (Å²) in [5.41, 5.74) is 1.41. The average molecular weight is 359 g/mol. The third kappa shape index (κ3) is 5.58. The summed E-state index contributed by atoms with van der Waals surface area (Å²) in [4.78, 5) is 24.0. The highest BCUT2D eigenvalue weighted by atomic mass is 19.1. The van der Waals surface area contributed by atoms with Crippen molar-refractivity contribution in [2.24, 2.45) is 0 Å². The van der Waals surface area contributed by atoms with Gasteiger partial charge in [0, 0.05) is 5.69 Å². The van der Waals surface area contributed by atoms with Crippen LogP contribution in [-0.4, -0.2) is 24.6 Å². The lowest BCUT2D eigenvalue weighted by Gasteiger charge is -2.16. The van der Waals surface area contributed by atoms with E-state index in [4.69, 9.17) is 9.47 Å². The van der Waals surface area contributed by atoms with Crippen LogP contribution >= 0.6 is 0 Å². The van der Waals surface area contributed by atoms with Crippen molar-refractivity contribution in [1.29, 1.82) is 0 Å². The van der Waals surface area contributed by atoms with E-state index >= 15 is 0 Å². The Labute approximate surface area is 152 Å². The fourth-order valence-corrected chi connectivity index (χ4v) is 2.29. The molecule has 0 aliphatic rings. The Morgan fingerprint density at radius 1 is 1.04 bits per heavy atom. The van der Waals surface area contributed by atoms with E-state index in [0.29, 0.717) is 11.4 Å². The summed E-state index contributed by atoms with van der Waals surface area (Å²) in [5.74, 6) is -0.690. The quantitative estimate of drug-likeness (QED) is 0.762. The van der Waals surface area contributed by atoms with Gasteiger partial charge in [0.25, 0.3) is 5.91 Å². The second kappa shape index (κ2) is 8.99. The van der Waals surface area contributed by atoms with Crippen LogP contribution in [-0.2, 0) is 14.3 Å². The van der Waals surface area contributed by atoms with Crippen LogP contribution in [0.4, 0.5) is 10.1 Å². The number of carbonyl (C=O) groups is 2. The molecule has 138 valence electrons. The van der Waals surface area contributed by atoms with E-state index in [9.17, 15) is 14.0 Å². The number of ether oxygens (including phenoxy) is 2. The lowest BCUT2D eigenvalue weighted by Crippen LogP contribution is -2.31. The maximum atomic E-state index is 12.9. The van der Waals surface area contributed by atoms with E-state index in [1.807, 2.05) is 32.0 Å². The number of hydrogen-bond donors (Lipinski definition) is 1. The number of anilines is 1. The first kappa shape index (κ1) is 19.4. The lowest BCUT2D eigenvalue weighted by atomic mass is 10.0. The summed E-state index contributed by atoms with van der Waals surface area (Å²) in [7, 11) is 0. The topological polar surface area (TPSA) is 64.6 Å². The van der Waals surface area contributed by atoms with Gasteiger partial charge >= 0.3 is 5.97 Å². The van der Waals surface area contributed by atoms with Gasteiger partial charge in [-0.2, -0.15) is 0 Å². The zero-order valence-electron chi connectivity index (χ0n) is 15.0. The van der Waals surface area contributed by atoms with Crippen LogP contribution in [0.25, 0.3) is 0 Å². The fraction of sp³-hybridized carbons (Fsp3) is 0.300. The van der Waals surface area contributed by atoms with Gasteiger partial charge in [-0.15, -0.1) is 0 Å². The van der Waals surface area contributed by atoms with Crippen LogP contribution in [0.1, 0.15) is 32.3 Å². The van der Waals surface area contributed by atoms with E-state index < -0.39 is 23.8 Å². The second-order valence-corrected chi connectivity index (χ2v) is 6.11. The van der Waals surface area contributed by atoms with Crippen LogP contribution in [0.2, 0.25) is 0 Å². The highest BCUT2D eigenvalue weighted by Crippen LogP contribution is 2.25. The number of nitrogens with one attached hydrogen (secondary N) is 1. The van der Waals surface area contributed by atoms with Crippen molar-refractivity contribution < 1.29 is 23.5 Å². The summed E-state index contributed by atoms with van der Waals surface area (Å²) in [5, 5.41) is 2.55. The van der Waals surface area contributed by atoms with Gasteiger partial charge in [-0.05, 0) is 48.7 Å². The number of carbonyl (C=O) groups excluding carboxylic acids is 2. The molecule has 0 radical (unpaired) electrons. The molecule has 0 fully saturated rings. The summed E-state index contributed by atoms with van der Waals surface area (Å²) >= 11 is 0. The van der Waals surface area contributed by atoms with Gasteiger partial charge in [-0.1, -0.05) is 32.0 Å². The molecule has 0 bridgehead atoms. The molecule has 1 atom stereocenters. The van der Waals surface area contributed by atoms with Gasteiger partial charge in [0.05, 0.1) is 0 Å². The molecule has 0 spiro atoms. The molecular formula is C20H22FNO4. The fourth-order valence-electron chi connectivity index (χ4n) is 2.29. The Morgan fingerprint density at radius 3 is 2.35 bits per heavy atom. The minimum atomic E-state index is -1.00. The largest absolute Gasteiger partial charge is 0.482 e. The first-order valence-corrected chi connectivity index (χ1v) is 8.34. The standard InChI is InChI=1S/C20H22FNO4/c1-13(2)17-6-4-5-7-18(17)25-12-19(23)26-14(3)20(24)22-16-10-8-15(21)9-11-16/h4-11,13-14H,12H2,1-3H3,(H,22,24). The molecule has 5 nitrogen and oxygen atoms in total. The molecule has 0 aliphatic heterocycles. The van der Waals surface area contributed by atoms with Crippen molar-refractivity contribution in [3.63, 3.8) is 0 Å². The van der Waals surface area contributed by atoms with Crippen molar-refractivity contribution in [3.05, 3.63) is 59.9 Å². The molecule has 26 heavy (non-hydrogen) atoms. The molecular weight excluding hydrogens is 337 g/mol. The number of rotatable bonds is 7. The van der Waals surface area contributed by atoms with E-state index in [1.165, 1.54) is 31.2 Å². The SMILES string of the molecule is CC(OC(=O)COc1ccccc1C(C)C)C(=O)Nc1ccc(F)cc1. The van der Waals surface area contributed by atoms with Crippen molar-refractivity contribution in [1.82, 2.24) is 0 Å². The molecule has 0 aromatic heterocycles. The highest BCUT2D eigenvalue weighted by Gasteiger charge is 2.19. The number of para-hydroxylation sites is 1. The third-order valence-corrected chi connectivity index (χ3v) is 3.68. The monoisotopic (exact) mass is 359 g/mol. The van der Waals surface area contributed by atoms with E-state index in [1.54, 1.807) is 6.07 Å². The Bertz CT molecular complexity index is 759. The van der Waals surface area contributed by atoms with Crippen LogP contribution < -0.4 is 10.1 Å². The Morgan fingerprint density at radius 2 is 1.69 bits per heavy atom. The number of esters is 1. The van der Waals surface area contributed by atoms with Gasteiger partial charge in [0.15, 0.2) is 12.7 Å². The number of hydrogen-bond acceptors (Lipinski definition) is 4. The van der Waals surface area contributed by atoms with E-state index in [-0.39, 0.29) is 12.5 Å². The Kier molecular flexibility index (Phi) is 6.72. The maximum absolute atomic E-state index is 12.9. The lowest BCUT2D eigenvalue weighted by molar-refractivity contribution is -0.155. The first-order valence-electron chi connectivity index (χ1n) is 8.34. The smallest absolute Gasteiger partial charge is 0.344 e. The molecule has 0 saturated carbocycles. The summed E-state index contributed by atoms with van der Waals surface area (Å²) in [6.45, 7) is 5.22. The third-order valence-electron chi connectivity index (χ3n) is 3.68. The van der Waals surface area contributed by atoms with Crippen LogP contribution in [0.3, 0.4) is 0 Å². The molecule has 0 saturated heterocycles. The second-order valence-electron chi connectivity index (χ2n) is 6.11. The van der Waals surface area contributed by atoms with Gasteiger partial charge in [0.1, 0.15) is 11.6 Å². The van der Waals surface area contributed by atoms with Crippen molar-refractivity contribution in [3.8, 4) is 5.75 Å². The van der Waals surface area contributed by atoms with Crippen LogP contribution in [0, 0.1) is 5.82 Å². The van der Waals surface area contributed by atoms with Crippen LogP contribution in [0.5, 0.6) is 5.75 Å².